The summed E-state index contributed by atoms with van der Waals surface area (Å²) in [6.07, 6.45) is 0. The Morgan fingerprint density at radius 1 is 1.16 bits per heavy atom. The van der Waals surface area contributed by atoms with E-state index in [9.17, 15) is 0 Å². The first-order valence-electron chi connectivity index (χ1n) is 6.99. The average molecular weight is 263 g/mol. The van der Waals surface area contributed by atoms with Gasteiger partial charge in [-0.15, -0.1) is 0 Å². The van der Waals surface area contributed by atoms with Gasteiger partial charge in [0.05, 0.1) is 0 Å². The van der Waals surface area contributed by atoms with Gasteiger partial charge in [-0.3, -0.25) is 9.80 Å². The van der Waals surface area contributed by atoms with Crippen molar-refractivity contribution in [1.29, 1.82) is 0 Å². The average Bonchev–Trinajstić information content (AvgIpc) is 2.38. The molecule has 2 unspecified atom stereocenters. The first-order valence-corrected chi connectivity index (χ1v) is 6.99. The molecule has 1 fully saturated rings. The van der Waals surface area contributed by atoms with E-state index >= 15 is 0 Å². The van der Waals surface area contributed by atoms with Crippen molar-refractivity contribution >= 4 is 5.69 Å². The molecule has 0 aromatic heterocycles. The fraction of sp³-hybridized carbons (Fsp3) is 0.600. The van der Waals surface area contributed by atoms with Gasteiger partial charge >= 0.3 is 0 Å². The molecule has 1 heterocycles. The van der Waals surface area contributed by atoms with Crippen molar-refractivity contribution in [1.82, 2.24) is 9.80 Å². The van der Waals surface area contributed by atoms with Crippen LogP contribution in [0.3, 0.4) is 0 Å². The molecule has 1 saturated heterocycles. The number of hydrogen-bond acceptors (Lipinski definition) is 4. The summed E-state index contributed by atoms with van der Waals surface area (Å²) in [5.74, 6) is 0.893. The summed E-state index contributed by atoms with van der Waals surface area (Å²) in [4.78, 5) is 4.92. The molecule has 4 nitrogen and oxygen atoms in total. The lowest BCUT2D eigenvalue weighted by Crippen LogP contribution is -2.55. The smallest absolute Gasteiger partial charge is 0.119 e. The molecular weight excluding hydrogens is 238 g/mol. The highest BCUT2D eigenvalue weighted by molar-refractivity contribution is 5.41. The fourth-order valence-corrected chi connectivity index (χ4v) is 2.55. The normalized spacial score (nSPS) is 25.4. The number of likely N-dealkylation sites (N-methyl/N-ethyl adjacent to an activating group) is 1. The summed E-state index contributed by atoms with van der Waals surface area (Å²) in [6, 6.07) is 8.81. The highest BCUT2D eigenvalue weighted by Crippen LogP contribution is 2.15. The van der Waals surface area contributed by atoms with E-state index in [1.165, 1.54) is 0 Å². The summed E-state index contributed by atoms with van der Waals surface area (Å²) in [6.45, 7) is 8.50. The minimum absolute atomic E-state index is 0.611. The molecule has 0 bridgehead atoms. The summed E-state index contributed by atoms with van der Waals surface area (Å²) < 4.78 is 5.75. The molecule has 2 rings (SSSR count). The highest BCUT2D eigenvalue weighted by atomic mass is 16.5. The van der Waals surface area contributed by atoms with Gasteiger partial charge in [0.2, 0.25) is 0 Å². The predicted molar refractivity (Wildman–Crippen MR) is 79.5 cm³/mol. The third-order valence-corrected chi connectivity index (χ3v) is 3.99. The molecule has 0 radical (unpaired) electrons. The van der Waals surface area contributed by atoms with E-state index in [2.05, 4.69) is 30.7 Å². The summed E-state index contributed by atoms with van der Waals surface area (Å²) >= 11 is 0. The van der Waals surface area contributed by atoms with Crippen LogP contribution < -0.4 is 10.5 Å². The Bertz CT molecular complexity index is 381. The quantitative estimate of drug-likeness (QED) is 0.839. The van der Waals surface area contributed by atoms with Crippen LogP contribution in [0.4, 0.5) is 5.69 Å². The van der Waals surface area contributed by atoms with Crippen molar-refractivity contribution in [2.24, 2.45) is 0 Å². The van der Waals surface area contributed by atoms with Crippen molar-refractivity contribution in [3.63, 3.8) is 0 Å². The lowest BCUT2D eigenvalue weighted by molar-refractivity contribution is 0.0522. The zero-order chi connectivity index (χ0) is 13.8. The second-order valence-electron chi connectivity index (χ2n) is 5.54. The van der Waals surface area contributed by atoms with Gasteiger partial charge in [-0.1, -0.05) is 0 Å². The zero-order valence-electron chi connectivity index (χ0n) is 12.2. The van der Waals surface area contributed by atoms with Crippen LogP contribution in [0.2, 0.25) is 0 Å². The monoisotopic (exact) mass is 263 g/mol. The van der Waals surface area contributed by atoms with Crippen molar-refractivity contribution in [2.45, 2.75) is 25.9 Å². The van der Waals surface area contributed by atoms with Gasteiger partial charge in [-0.2, -0.15) is 0 Å². The van der Waals surface area contributed by atoms with Gasteiger partial charge in [0, 0.05) is 37.4 Å². The maximum Gasteiger partial charge on any atom is 0.119 e. The Balaban J connectivity index is 1.75. The zero-order valence-corrected chi connectivity index (χ0v) is 12.2. The Hall–Kier alpha value is -1.26. The number of hydrogen-bond donors (Lipinski definition) is 1. The SMILES string of the molecule is CC1CN(CCOc2ccc(N)cc2)CC(C)N1C. The minimum atomic E-state index is 0.611. The van der Waals surface area contributed by atoms with Crippen molar-refractivity contribution in [2.75, 3.05) is 39.0 Å². The second kappa shape index (κ2) is 6.26. The number of nitrogens with two attached hydrogens (primary N) is 1. The number of nitrogen functional groups attached to an aromatic ring is 1. The van der Waals surface area contributed by atoms with Gasteiger partial charge in [-0.25, -0.2) is 0 Å². The van der Waals surface area contributed by atoms with Crippen LogP contribution in [0.5, 0.6) is 5.75 Å². The second-order valence-corrected chi connectivity index (χ2v) is 5.54. The molecule has 2 atom stereocenters. The molecular formula is C15H25N3O. The molecule has 1 aliphatic rings. The summed E-state index contributed by atoms with van der Waals surface area (Å²) in [7, 11) is 2.21. The number of rotatable bonds is 4. The van der Waals surface area contributed by atoms with Crippen LogP contribution in [0.1, 0.15) is 13.8 Å². The largest absolute Gasteiger partial charge is 0.492 e. The Morgan fingerprint density at radius 2 is 1.74 bits per heavy atom. The molecule has 4 heteroatoms. The van der Waals surface area contributed by atoms with Crippen LogP contribution in [0.15, 0.2) is 24.3 Å². The van der Waals surface area contributed by atoms with E-state index in [0.29, 0.717) is 12.1 Å². The molecule has 1 aromatic carbocycles. The molecule has 106 valence electrons. The lowest BCUT2D eigenvalue weighted by Gasteiger charge is -2.42. The molecule has 0 spiro atoms. The topological polar surface area (TPSA) is 41.7 Å². The number of anilines is 1. The number of benzene rings is 1. The van der Waals surface area contributed by atoms with Gasteiger partial charge in [0.25, 0.3) is 0 Å². The van der Waals surface area contributed by atoms with Crippen LogP contribution in [0.25, 0.3) is 0 Å². The van der Waals surface area contributed by atoms with E-state index in [4.69, 9.17) is 10.5 Å². The molecule has 1 aromatic rings. The van der Waals surface area contributed by atoms with Gasteiger partial charge in [0.1, 0.15) is 12.4 Å². The Kier molecular flexibility index (Phi) is 4.66. The maximum atomic E-state index is 5.75. The van der Waals surface area contributed by atoms with E-state index in [0.717, 1.165) is 37.7 Å². The molecule has 1 aliphatic heterocycles. The van der Waals surface area contributed by atoms with E-state index in [1.807, 2.05) is 24.3 Å². The Morgan fingerprint density at radius 3 is 2.32 bits per heavy atom. The van der Waals surface area contributed by atoms with E-state index < -0.39 is 0 Å². The van der Waals surface area contributed by atoms with Crippen LogP contribution in [-0.4, -0.2) is 55.2 Å². The first kappa shape index (κ1) is 14.2. The molecule has 0 aliphatic carbocycles. The van der Waals surface area contributed by atoms with Crippen LogP contribution in [0, 0.1) is 0 Å². The van der Waals surface area contributed by atoms with Gasteiger partial charge in [0.15, 0.2) is 0 Å². The van der Waals surface area contributed by atoms with Crippen molar-refractivity contribution in [3.8, 4) is 5.75 Å². The third-order valence-electron chi connectivity index (χ3n) is 3.99. The molecule has 0 saturated carbocycles. The highest BCUT2D eigenvalue weighted by Gasteiger charge is 2.25. The van der Waals surface area contributed by atoms with Crippen molar-refractivity contribution < 1.29 is 4.74 Å². The number of piperazine rings is 1. The molecule has 0 amide bonds. The van der Waals surface area contributed by atoms with E-state index in [1.54, 1.807) is 0 Å². The fourth-order valence-electron chi connectivity index (χ4n) is 2.55. The van der Waals surface area contributed by atoms with Crippen LogP contribution in [-0.2, 0) is 0 Å². The summed E-state index contributed by atoms with van der Waals surface area (Å²) in [5.41, 5.74) is 6.42. The van der Waals surface area contributed by atoms with Crippen molar-refractivity contribution in [3.05, 3.63) is 24.3 Å². The minimum Gasteiger partial charge on any atom is -0.492 e. The van der Waals surface area contributed by atoms with Crippen LogP contribution >= 0.6 is 0 Å². The molecule has 2 N–H and O–H groups in total. The Labute approximate surface area is 116 Å². The number of nitrogens with zero attached hydrogens (tertiary/aromatic N) is 2. The third kappa shape index (κ3) is 3.85. The predicted octanol–water partition coefficient (Wildman–Crippen LogP) is 1.67. The standard InChI is InChI=1S/C15H25N3O/c1-12-10-18(11-13(2)17(12)3)8-9-19-15-6-4-14(16)5-7-15/h4-7,12-13H,8-11,16H2,1-3H3. The first-order chi connectivity index (χ1) is 9.06. The van der Waals surface area contributed by atoms with Gasteiger partial charge in [-0.05, 0) is 45.2 Å². The van der Waals surface area contributed by atoms with E-state index in [-0.39, 0.29) is 0 Å². The maximum absolute atomic E-state index is 5.75. The number of ether oxygens (including phenoxy) is 1. The molecule has 19 heavy (non-hydrogen) atoms. The lowest BCUT2D eigenvalue weighted by atomic mass is 10.1. The van der Waals surface area contributed by atoms with Gasteiger partial charge < -0.3 is 10.5 Å². The summed E-state index contributed by atoms with van der Waals surface area (Å²) in [5, 5.41) is 0.